The van der Waals surface area contributed by atoms with E-state index in [1.807, 2.05) is 0 Å². The molecule has 34 heavy (non-hydrogen) atoms. The van der Waals surface area contributed by atoms with Crippen LogP contribution in [0.1, 0.15) is 58.9 Å². The van der Waals surface area contributed by atoms with Gasteiger partial charge >= 0.3 is 0 Å². The molecule has 1 aliphatic carbocycles. The third kappa shape index (κ3) is 6.70. The summed E-state index contributed by atoms with van der Waals surface area (Å²) >= 11 is 1.39. The summed E-state index contributed by atoms with van der Waals surface area (Å²) in [6.45, 7) is 15.2. The number of hydrogen-bond donors (Lipinski definition) is 2. The molecule has 0 aromatic heterocycles. The second-order valence-corrected chi connectivity index (χ2v) is 12.9. The highest BCUT2D eigenvalue weighted by Gasteiger charge is 2.47. The highest BCUT2D eigenvalue weighted by Crippen LogP contribution is 2.40. The van der Waals surface area contributed by atoms with E-state index in [-0.39, 0.29) is 18.4 Å². The van der Waals surface area contributed by atoms with Crippen molar-refractivity contribution >= 4 is 23.8 Å². The zero-order valence-electron chi connectivity index (χ0n) is 21.5. The fourth-order valence-corrected chi connectivity index (χ4v) is 6.26. The molecule has 0 spiro atoms. The summed E-state index contributed by atoms with van der Waals surface area (Å²) < 4.78 is 15.4. The van der Waals surface area contributed by atoms with E-state index in [2.05, 4.69) is 73.4 Å². The molecule has 6 nitrogen and oxygen atoms in total. The van der Waals surface area contributed by atoms with Crippen LogP contribution in [0, 0.1) is 17.7 Å². The molecular weight excluding hydrogens is 444 g/mol. The third-order valence-corrected chi connectivity index (χ3v) is 8.10. The number of allylic oxidation sites excluding steroid dienone is 1. The van der Waals surface area contributed by atoms with Crippen LogP contribution in [0.3, 0.4) is 0 Å². The first-order valence-electron chi connectivity index (χ1n) is 12.8. The van der Waals surface area contributed by atoms with Crippen molar-refractivity contribution in [2.45, 2.75) is 84.0 Å². The first-order valence-corrected chi connectivity index (χ1v) is 13.8. The molecule has 0 radical (unpaired) electrons. The van der Waals surface area contributed by atoms with Crippen molar-refractivity contribution in [2.24, 2.45) is 5.41 Å². The monoisotopic (exact) mass is 487 g/mol. The molecule has 4 rings (SSSR count). The molecular formula is C27H43N4O2S+. The highest BCUT2D eigenvalue weighted by atomic mass is 32.2. The van der Waals surface area contributed by atoms with E-state index in [1.165, 1.54) is 36.6 Å². The van der Waals surface area contributed by atoms with Crippen molar-refractivity contribution in [3.63, 3.8) is 0 Å². The van der Waals surface area contributed by atoms with E-state index in [0.717, 1.165) is 56.2 Å². The van der Waals surface area contributed by atoms with Gasteiger partial charge in [-0.25, -0.2) is 0 Å². The summed E-state index contributed by atoms with van der Waals surface area (Å²) in [5.41, 5.74) is 3.47. The van der Waals surface area contributed by atoms with E-state index < -0.39 is 0 Å². The van der Waals surface area contributed by atoms with Gasteiger partial charge in [0.25, 0.3) is 0 Å². The molecule has 3 unspecified atom stereocenters. The predicted molar refractivity (Wildman–Crippen MR) is 143 cm³/mol. The summed E-state index contributed by atoms with van der Waals surface area (Å²) in [5.74, 6) is 0.845. The lowest BCUT2D eigenvalue weighted by molar-refractivity contribution is 0.0237. The number of anilines is 1. The van der Waals surface area contributed by atoms with Gasteiger partial charge in [0.15, 0.2) is 18.1 Å². The standard InChI is InChI=1S/C27H42N4O2S/c1-19(2)34-31-14-12-30(13-15-31)23(18-28)24(32-22-10-7-11-27(4,5)17-22)25-26(33-25)29-21-9-6-8-20(3)16-21/h6,8-9,16,18-19,22,25-26,28-29H,7,10-15,17H2,1-5H3/p+1/b24-23-,28-18?. The molecule has 3 atom stereocenters. The van der Waals surface area contributed by atoms with Gasteiger partial charge in [-0.3, -0.25) is 0 Å². The average Bonchev–Trinajstić information content (AvgIpc) is 3.52. The Labute approximate surface area is 210 Å². The lowest BCUT2D eigenvalue weighted by Crippen LogP contribution is -2.47. The van der Waals surface area contributed by atoms with Crippen molar-refractivity contribution in [1.29, 1.82) is 5.41 Å². The molecule has 1 aromatic carbocycles. The van der Waals surface area contributed by atoms with Crippen molar-refractivity contribution in [3.8, 4) is 0 Å². The number of rotatable bonds is 9. The number of benzene rings is 1. The Morgan fingerprint density at radius 2 is 2.03 bits per heavy atom. The maximum Gasteiger partial charge on any atom is 0.164 e. The van der Waals surface area contributed by atoms with Crippen LogP contribution in [0.15, 0.2) is 35.7 Å². The van der Waals surface area contributed by atoms with Crippen LogP contribution in [-0.4, -0.2) is 65.3 Å². The van der Waals surface area contributed by atoms with Gasteiger partial charge < -0.3 is 25.1 Å². The first-order chi connectivity index (χ1) is 16.2. The van der Waals surface area contributed by atoms with Gasteiger partial charge in [0, 0.05) is 25.0 Å². The lowest BCUT2D eigenvalue weighted by atomic mass is 9.76. The molecule has 2 aliphatic heterocycles. The number of aryl methyl sites for hydroxylation is 1. The molecule has 2 N–H and O–H groups in total. The number of ether oxygens (including phenoxy) is 2. The zero-order valence-corrected chi connectivity index (χ0v) is 22.4. The normalized spacial score (nSPS) is 27.8. The first kappa shape index (κ1) is 25.4. The van der Waals surface area contributed by atoms with Crippen LogP contribution in [-0.2, 0) is 21.4 Å². The highest BCUT2D eigenvalue weighted by molar-refractivity contribution is 7.76. The number of nitrogens with zero attached hydrogens (tertiary/aromatic N) is 2. The minimum atomic E-state index is -0.158. The van der Waals surface area contributed by atoms with Crippen molar-refractivity contribution < 1.29 is 9.47 Å². The van der Waals surface area contributed by atoms with Gasteiger partial charge in [0.05, 0.1) is 36.8 Å². The molecule has 3 aliphatic rings. The van der Waals surface area contributed by atoms with Gasteiger partial charge in [-0.2, -0.15) is 0 Å². The molecule has 1 saturated carbocycles. The van der Waals surface area contributed by atoms with Crippen molar-refractivity contribution in [2.75, 3.05) is 31.5 Å². The van der Waals surface area contributed by atoms with Crippen LogP contribution < -0.4 is 5.32 Å². The molecule has 0 amide bonds. The van der Waals surface area contributed by atoms with Crippen LogP contribution in [0.5, 0.6) is 0 Å². The SMILES string of the molecule is Cc1cccc(NC2OC2/C(OC2CCCC(C)(C)C2)=C(\C=N)N2CCN([SH+]C(C)C)CC2)c1. The van der Waals surface area contributed by atoms with E-state index in [1.54, 1.807) is 0 Å². The Kier molecular flexibility index (Phi) is 8.16. The van der Waals surface area contributed by atoms with E-state index in [0.29, 0.717) is 10.7 Å². The fraction of sp³-hybridized carbons (Fsp3) is 0.667. The van der Waals surface area contributed by atoms with E-state index >= 15 is 0 Å². The van der Waals surface area contributed by atoms with Crippen LogP contribution >= 0.6 is 0 Å². The number of nitrogens with one attached hydrogen (secondary N) is 2. The maximum atomic E-state index is 8.33. The summed E-state index contributed by atoms with van der Waals surface area (Å²) in [6.07, 6.45) is 5.95. The van der Waals surface area contributed by atoms with E-state index in [9.17, 15) is 0 Å². The summed E-state index contributed by atoms with van der Waals surface area (Å²) in [4.78, 5) is 2.33. The maximum absolute atomic E-state index is 8.33. The Morgan fingerprint density at radius 3 is 2.68 bits per heavy atom. The number of hydrogen-bond acceptors (Lipinski definition) is 6. The van der Waals surface area contributed by atoms with Crippen LogP contribution in [0.4, 0.5) is 5.69 Å². The van der Waals surface area contributed by atoms with Gasteiger partial charge in [-0.05, 0) is 69.6 Å². The molecule has 2 heterocycles. The molecule has 0 bridgehead atoms. The molecule has 1 aromatic rings. The molecule has 7 heteroatoms. The van der Waals surface area contributed by atoms with Crippen molar-refractivity contribution in [3.05, 3.63) is 41.3 Å². The van der Waals surface area contributed by atoms with Gasteiger partial charge in [-0.1, -0.05) is 26.0 Å². The van der Waals surface area contributed by atoms with Gasteiger partial charge in [-0.15, -0.1) is 4.31 Å². The smallest absolute Gasteiger partial charge is 0.164 e. The van der Waals surface area contributed by atoms with Gasteiger partial charge in [0.1, 0.15) is 5.25 Å². The Morgan fingerprint density at radius 1 is 1.26 bits per heavy atom. The van der Waals surface area contributed by atoms with E-state index in [4.69, 9.17) is 14.9 Å². The molecule has 3 fully saturated rings. The Bertz CT molecular complexity index is 879. The fourth-order valence-electron chi connectivity index (χ4n) is 5.20. The van der Waals surface area contributed by atoms with Crippen LogP contribution in [0.2, 0.25) is 0 Å². The quantitative estimate of drug-likeness (QED) is 0.173. The topological polar surface area (TPSA) is 64.1 Å². The number of piperazine rings is 1. The molecule has 188 valence electrons. The summed E-state index contributed by atoms with van der Waals surface area (Å²) in [5, 5.41) is 12.5. The zero-order chi connectivity index (χ0) is 24.3. The second kappa shape index (κ2) is 10.9. The lowest BCUT2D eigenvalue weighted by Gasteiger charge is -2.37. The second-order valence-electron chi connectivity index (χ2n) is 11.0. The molecule has 2 saturated heterocycles. The average molecular weight is 488 g/mol. The Balaban J connectivity index is 1.51. The number of epoxide rings is 1. The number of thiol groups is 1. The van der Waals surface area contributed by atoms with Crippen LogP contribution in [0.25, 0.3) is 0 Å². The minimum absolute atomic E-state index is 0.121. The largest absolute Gasteiger partial charge is 0.490 e. The predicted octanol–water partition coefficient (Wildman–Crippen LogP) is 4.73. The third-order valence-electron chi connectivity index (χ3n) is 6.91. The minimum Gasteiger partial charge on any atom is -0.490 e. The summed E-state index contributed by atoms with van der Waals surface area (Å²) in [6, 6.07) is 8.37. The van der Waals surface area contributed by atoms with Gasteiger partial charge in [0.2, 0.25) is 0 Å². The Hall–Kier alpha value is -1.70. The summed E-state index contributed by atoms with van der Waals surface area (Å²) in [7, 11) is 0. The van der Waals surface area contributed by atoms with Crippen molar-refractivity contribution in [1.82, 2.24) is 9.21 Å².